The largest absolute Gasteiger partial charge is 0.346 e. The number of Topliss-reactive ketones (excluding diaryl/α,β-unsaturated/α-hetero) is 1. The molecular formula is C38H52N6O4. The van der Waals surface area contributed by atoms with Crippen LogP contribution in [0.1, 0.15) is 81.3 Å². The zero-order valence-corrected chi connectivity index (χ0v) is 29.0. The molecule has 1 aliphatic heterocycles. The molecule has 0 spiro atoms. The van der Waals surface area contributed by atoms with Gasteiger partial charge in [-0.3, -0.25) is 14.4 Å². The minimum Gasteiger partial charge on any atom is -0.346 e. The number of piperazine rings is 1. The van der Waals surface area contributed by atoms with Crippen molar-refractivity contribution in [2.75, 3.05) is 26.2 Å². The molecule has 4 amide bonds. The van der Waals surface area contributed by atoms with Crippen LogP contribution in [0.4, 0.5) is 4.79 Å². The van der Waals surface area contributed by atoms with Gasteiger partial charge in [0.25, 0.3) is 0 Å². The SMILES string of the molecule is C=CCNCC(=O)N1CC(=O)N(Cc2cccc3c(C(=O)CC(C)(C)C)cn(CCCCCC)c23)C[C@@H]1NC(=O)NCc1ccccc1. The summed E-state index contributed by atoms with van der Waals surface area (Å²) in [7, 11) is 0. The van der Waals surface area contributed by atoms with E-state index in [-0.39, 0.29) is 49.2 Å². The van der Waals surface area contributed by atoms with E-state index in [9.17, 15) is 19.2 Å². The van der Waals surface area contributed by atoms with Crippen LogP contribution in [0.3, 0.4) is 0 Å². The molecule has 0 aliphatic carbocycles. The third kappa shape index (κ3) is 10.0. The highest BCUT2D eigenvalue weighted by atomic mass is 16.2. The molecule has 2 heterocycles. The number of nitrogens with one attached hydrogen (secondary N) is 3. The maximum absolute atomic E-state index is 13.6. The van der Waals surface area contributed by atoms with E-state index in [4.69, 9.17) is 0 Å². The number of urea groups is 1. The fourth-order valence-electron chi connectivity index (χ4n) is 6.12. The molecule has 0 radical (unpaired) electrons. The number of hydrogen-bond donors (Lipinski definition) is 3. The summed E-state index contributed by atoms with van der Waals surface area (Å²) in [5.74, 6) is -0.392. The van der Waals surface area contributed by atoms with Crippen LogP contribution in [0.2, 0.25) is 0 Å². The molecule has 48 heavy (non-hydrogen) atoms. The monoisotopic (exact) mass is 656 g/mol. The average Bonchev–Trinajstić information content (AvgIpc) is 3.43. The highest BCUT2D eigenvalue weighted by Crippen LogP contribution is 2.31. The standard InChI is InChI=1S/C38H52N6O4/c1-6-8-9-13-20-42-25-31(32(45)21-38(3,4)5)30-18-14-17-29(36(30)42)24-43-26-33(41-37(48)40-22-28-15-11-10-12-16-28)44(27-35(43)47)34(46)23-39-19-7-2/h7,10-12,14-18,25,33,39H,2,6,8-9,13,19-24,26-27H2,1,3-5H3,(H2,40,41,48)/t33-/m1/s1. The van der Waals surface area contributed by atoms with Gasteiger partial charge in [-0.15, -0.1) is 6.58 Å². The van der Waals surface area contributed by atoms with Crippen molar-refractivity contribution < 1.29 is 19.2 Å². The van der Waals surface area contributed by atoms with Gasteiger partial charge in [-0.25, -0.2) is 4.79 Å². The van der Waals surface area contributed by atoms with Crippen LogP contribution in [0, 0.1) is 5.41 Å². The van der Waals surface area contributed by atoms with E-state index in [1.165, 1.54) is 4.90 Å². The summed E-state index contributed by atoms with van der Waals surface area (Å²) in [6.07, 6.45) is 7.71. The summed E-state index contributed by atoms with van der Waals surface area (Å²) >= 11 is 0. The number of aromatic nitrogens is 1. The maximum atomic E-state index is 13.6. The van der Waals surface area contributed by atoms with Crippen LogP contribution in [0.25, 0.3) is 10.9 Å². The van der Waals surface area contributed by atoms with Gasteiger partial charge < -0.3 is 30.3 Å². The van der Waals surface area contributed by atoms with E-state index >= 15 is 0 Å². The van der Waals surface area contributed by atoms with Crippen molar-refractivity contribution in [1.82, 2.24) is 30.3 Å². The fourth-order valence-corrected chi connectivity index (χ4v) is 6.12. The van der Waals surface area contributed by atoms with Gasteiger partial charge in [-0.1, -0.05) is 102 Å². The lowest BCUT2D eigenvalue weighted by Gasteiger charge is -2.41. The van der Waals surface area contributed by atoms with Gasteiger partial charge in [0, 0.05) is 49.7 Å². The molecule has 3 N–H and O–H groups in total. The van der Waals surface area contributed by atoms with Crippen LogP contribution in [0.15, 0.2) is 67.4 Å². The Hall–Kier alpha value is -4.44. The van der Waals surface area contributed by atoms with Gasteiger partial charge in [0.05, 0.1) is 18.6 Å². The first-order chi connectivity index (χ1) is 23.0. The zero-order valence-electron chi connectivity index (χ0n) is 29.0. The number of carbonyl (C=O) groups is 4. The Morgan fingerprint density at radius 2 is 1.79 bits per heavy atom. The summed E-state index contributed by atoms with van der Waals surface area (Å²) in [5.41, 5.74) is 3.38. The highest BCUT2D eigenvalue weighted by Gasteiger charge is 2.36. The van der Waals surface area contributed by atoms with E-state index in [1.54, 1.807) is 11.0 Å². The number of nitrogens with zero attached hydrogens (tertiary/aromatic N) is 3. The molecule has 1 fully saturated rings. The quantitative estimate of drug-likeness (QED) is 0.105. The summed E-state index contributed by atoms with van der Waals surface area (Å²) in [4.78, 5) is 56.6. The third-order valence-corrected chi connectivity index (χ3v) is 8.49. The van der Waals surface area contributed by atoms with Crippen molar-refractivity contribution in [1.29, 1.82) is 0 Å². The van der Waals surface area contributed by atoms with Gasteiger partial charge in [0.1, 0.15) is 12.7 Å². The summed E-state index contributed by atoms with van der Waals surface area (Å²) in [6.45, 7) is 13.9. The predicted octanol–water partition coefficient (Wildman–Crippen LogP) is 5.61. The molecule has 4 rings (SSSR count). The molecule has 0 bridgehead atoms. The van der Waals surface area contributed by atoms with E-state index in [1.807, 2.05) is 54.7 Å². The molecule has 1 aliphatic rings. The number of unbranched alkanes of at least 4 members (excludes halogenated alkanes) is 3. The second-order valence-electron chi connectivity index (χ2n) is 13.8. The lowest BCUT2D eigenvalue weighted by molar-refractivity contribution is -0.149. The molecule has 3 aromatic rings. The Morgan fingerprint density at radius 1 is 1.02 bits per heavy atom. The van der Waals surface area contributed by atoms with Gasteiger partial charge in [0.2, 0.25) is 11.8 Å². The number of para-hydroxylation sites is 1. The molecule has 0 saturated carbocycles. The van der Waals surface area contributed by atoms with E-state index < -0.39 is 12.2 Å². The van der Waals surface area contributed by atoms with Crippen molar-refractivity contribution in [2.45, 2.75) is 85.6 Å². The van der Waals surface area contributed by atoms with Crippen molar-refractivity contribution in [3.8, 4) is 0 Å². The smallest absolute Gasteiger partial charge is 0.316 e. The molecule has 10 heteroatoms. The Labute approximate surface area is 284 Å². The van der Waals surface area contributed by atoms with Gasteiger partial charge >= 0.3 is 6.03 Å². The van der Waals surface area contributed by atoms with Crippen LogP contribution in [-0.2, 0) is 29.2 Å². The first-order valence-electron chi connectivity index (χ1n) is 17.1. The molecule has 1 saturated heterocycles. The summed E-state index contributed by atoms with van der Waals surface area (Å²) in [6, 6.07) is 15.1. The Balaban J connectivity index is 1.60. The van der Waals surface area contributed by atoms with Gasteiger partial charge in [0.15, 0.2) is 5.78 Å². The second-order valence-corrected chi connectivity index (χ2v) is 13.8. The van der Waals surface area contributed by atoms with Gasteiger partial charge in [-0.2, -0.15) is 0 Å². The lowest BCUT2D eigenvalue weighted by Crippen LogP contribution is -2.65. The average molecular weight is 657 g/mol. The predicted molar refractivity (Wildman–Crippen MR) is 190 cm³/mol. The third-order valence-electron chi connectivity index (χ3n) is 8.49. The van der Waals surface area contributed by atoms with Crippen LogP contribution in [-0.4, -0.2) is 70.3 Å². The Morgan fingerprint density at radius 3 is 2.50 bits per heavy atom. The Kier molecular flexibility index (Phi) is 13.0. The van der Waals surface area contributed by atoms with Gasteiger partial charge in [-0.05, 0) is 23.0 Å². The van der Waals surface area contributed by atoms with Crippen molar-refractivity contribution in [3.05, 3.63) is 84.1 Å². The van der Waals surface area contributed by atoms with Crippen molar-refractivity contribution >= 4 is 34.5 Å². The van der Waals surface area contributed by atoms with E-state index in [2.05, 4.69) is 54.8 Å². The first kappa shape index (κ1) is 36.4. The summed E-state index contributed by atoms with van der Waals surface area (Å²) < 4.78 is 2.18. The van der Waals surface area contributed by atoms with Crippen LogP contribution in [0.5, 0.6) is 0 Å². The number of carbonyl (C=O) groups excluding carboxylic acids is 4. The lowest BCUT2D eigenvalue weighted by atomic mass is 9.88. The molecule has 258 valence electrons. The molecular weight excluding hydrogens is 604 g/mol. The van der Waals surface area contributed by atoms with Crippen LogP contribution < -0.4 is 16.0 Å². The molecule has 0 unspecified atom stereocenters. The van der Waals surface area contributed by atoms with Crippen molar-refractivity contribution in [2.24, 2.45) is 5.41 Å². The molecule has 10 nitrogen and oxygen atoms in total. The number of hydrogen-bond acceptors (Lipinski definition) is 5. The fraction of sp³-hybridized carbons (Fsp3) is 0.474. The number of amides is 4. The highest BCUT2D eigenvalue weighted by molar-refractivity contribution is 6.09. The van der Waals surface area contributed by atoms with E-state index in [0.717, 1.165) is 54.3 Å². The molecule has 1 atom stereocenters. The Bertz CT molecular complexity index is 1570. The topological polar surface area (TPSA) is 116 Å². The number of rotatable bonds is 16. The normalized spacial score (nSPS) is 15.1. The maximum Gasteiger partial charge on any atom is 0.316 e. The molecule has 2 aromatic carbocycles. The minimum atomic E-state index is -0.736. The second kappa shape index (κ2) is 17.1. The minimum absolute atomic E-state index is 0.0132. The number of benzene rings is 2. The number of ketones is 1. The molecule has 1 aromatic heterocycles. The number of aryl methyl sites for hydroxylation is 1. The first-order valence-corrected chi connectivity index (χ1v) is 17.1. The summed E-state index contributed by atoms with van der Waals surface area (Å²) in [5, 5.41) is 9.70. The van der Waals surface area contributed by atoms with Crippen molar-refractivity contribution in [3.63, 3.8) is 0 Å². The van der Waals surface area contributed by atoms with Crippen LogP contribution >= 0.6 is 0 Å². The van der Waals surface area contributed by atoms with E-state index in [0.29, 0.717) is 25.1 Å². The number of fused-ring (bicyclic) bond motifs is 1. The zero-order chi connectivity index (χ0) is 34.7.